The zero-order chi connectivity index (χ0) is 37.8. The van der Waals surface area contributed by atoms with Gasteiger partial charge in [-0.25, -0.2) is 0 Å². The van der Waals surface area contributed by atoms with Crippen LogP contribution >= 0.6 is 0 Å². The summed E-state index contributed by atoms with van der Waals surface area (Å²) in [6, 6.07) is 20.3. The maximum Gasteiger partial charge on any atom is 0.298 e. The van der Waals surface area contributed by atoms with E-state index in [1.54, 1.807) is 30.3 Å². The molecule has 272 valence electrons. The van der Waals surface area contributed by atoms with Crippen LogP contribution in [0, 0.1) is 0 Å². The van der Waals surface area contributed by atoms with Crippen molar-refractivity contribution in [3.8, 4) is 23.0 Å². The molecule has 14 nitrogen and oxygen atoms in total. The second-order valence-corrected chi connectivity index (χ2v) is 14.2. The second-order valence-electron chi connectivity index (χ2n) is 11.4. The lowest BCUT2D eigenvalue weighted by Gasteiger charge is -2.34. The maximum absolute atomic E-state index is 14.0. The SMILES string of the molecule is COc1cc(OC)c(S(=O)(=O)O)cc1C(=O)Nc1ccc(C2(NC(=O)c3cc(S(=O)(=O)O)c(OC)cc3OC)C=CC(c3ccccc3)=CC2)cc1. The van der Waals surface area contributed by atoms with Crippen LogP contribution in [0.25, 0.3) is 5.57 Å². The van der Waals surface area contributed by atoms with Crippen molar-refractivity contribution in [2.24, 2.45) is 0 Å². The van der Waals surface area contributed by atoms with E-state index in [0.29, 0.717) is 5.56 Å². The summed E-state index contributed by atoms with van der Waals surface area (Å²) in [7, 11) is -4.57. The number of carbonyl (C=O) groups excluding carboxylic acids is 2. The zero-order valence-corrected chi connectivity index (χ0v) is 29.9. The number of methoxy groups -OCH3 is 4. The van der Waals surface area contributed by atoms with Crippen LogP contribution in [0.4, 0.5) is 5.69 Å². The Morgan fingerprint density at radius 1 is 0.673 bits per heavy atom. The fourth-order valence-corrected chi connectivity index (χ4v) is 7.01. The van der Waals surface area contributed by atoms with Crippen molar-refractivity contribution in [3.63, 3.8) is 0 Å². The van der Waals surface area contributed by atoms with Gasteiger partial charge in [0.25, 0.3) is 32.1 Å². The molecule has 1 aliphatic carbocycles. The van der Waals surface area contributed by atoms with Gasteiger partial charge in [-0.05, 0) is 47.4 Å². The van der Waals surface area contributed by atoms with E-state index in [9.17, 15) is 35.5 Å². The first-order valence-electron chi connectivity index (χ1n) is 15.3. The molecule has 0 saturated heterocycles. The molecule has 0 aliphatic heterocycles. The Balaban J connectivity index is 1.51. The molecule has 0 heterocycles. The Labute approximate surface area is 300 Å². The van der Waals surface area contributed by atoms with E-state index in [2.05, 4.69) is 10.6 Å². The fraction of sp³-hybridized carbons (Fsp3) is 0.167. The number of carbonyl (C=O) groups is 2. The number of rotatable bonds is 12. The number of anilines is 1. The van der Waals surface area contributed by atoms with Gasteiger partial charge in [0.15, 0.2) is 0 Å². The molecule has 1 unspecified atom stereocenters. The largest absolute Gasteiger partial charge is 0.496 e. The molecular formula is C36H34N2O12S2. The van der Waals surface area contributed by atoms with Gasteiger partial charge in [-0.2, -0.15) is 16.8 Å². The molecule has 1 aliphatic rings. The van der Waals surface area contributed by atoms with Crippen molar-refractivity contribution in [3.05, 3.63) is 119 Å². The first-order valence-corrected chi connectivity index (χ1v) is 18.2. The number of hydrogen-bond donors (Lipinski definition) is 4. The monoisotopic (exact) mass is 750 g/mol. The van der Waals surface area contributed by atoms with Crippen molar-refractivity contribution in [1.82, 2.24) is 5.32 Å². The molecule has 1 atom stereocenters. The van der Waals surface area contributed by atoms with Crippen molar-refractivity contribution in [1.29, 1.82) is 0 Å². The van der Waals surface area contributed by atoms with Gasteiger partial charge in [0.05, 0.1) is 45.1 Å². The van der Waals surface area contributed by atoms with E-state index in [1.165, 1.54) is 34.5 Å². The topological polar surface area (TPSA) is 204 Å². The standard InChI is InChI=1S/C36H34N2O12S2/c1-47-28-20-30(49-3)32(51(41,42)43)18-26(28)34(39)37-25-12-10-24(11-13-25)36(16-14-23(15-17-36)22-8-6-5-7-9-22)38-35(40)27-19-33(52(44,45)46)31(50-4)21-29(27)48-2/h5-16,18-21H,17H2,1-4H3,(H,37,39)(H,38,40)(H,41,42,43)(H,44,45,46). The molecule has 0 aromatic heterocycles. The van der Waals surface area contributed by atoms with Gasteiger partial charge >= 0.3 is 0 Å². The van der Waals surface area contributed by atoms with Crippen LogP contribution < -0.4 is 29.6 Å². The van der Waals surface area contributed by atoms with Crippen LogP contribution in [-0.2, 0) is 25.8 Å². The second kappa shape index (κ2) is 14.9. The van der Waals surface area contributed by atoms with E-state index >= 15 is 0 Å². The highest BCUT2D eigenvalue weighted by Crippen LogP contribution is 2.38. The number of hydrogen-bond acceptors (Lipinski definition) is 10. The lowest BCUT2D eigenvalue weighted by atomic mass is 9.80. The van der Waals surface area contributed by atoms with Crippen molar-refractivity contribution >= 4 is 43.3 Å². The number of ether oxygens (including phenoxy) is 4. The molecule has 0 fully saturated rings. The van der Waals surface area contributed by atoms with E-state index in [-0.39, 0.29) is 46.2 Å². The van der Waals surface area contributed by atoms with E-state index < -0.39 is 47.4 Å². The van der Waals surface area contributed by atoms with Gasteiger partial charge in [0, 0.05) is 17.8 Å². The number of nitrogens with one attached hydrogen (secondary N) is 2. The molecule has 0 radical (unpaired) electrons. The third kappa shape index (κ3) is 7.79. The molecule has 52 heavy (non-hydrogen) atoms. The Bertz CT molecular complexity index is 2310. The summed E-state index contributed by atoms with van der Waals surface area (Å²) in [4.78, 5) is 26.1. The highest BCUT2D eigenvalue weighted by molar-refractivity contribution is 7.86. The fourth-order valence-electron chi connectivity index (χ4n) is 5.68. The molecule has 0 saturated carbocycles. The quantitative estimate of drug-likeness (QED) is 0.139. The normalized spacial score (nSPS) is 15.6. The predicted octanol–water partition coefficient (Wildman–Crippen LogP) is 5.14. The van der Waals surface area contributed by atoms with Crippen LogP contribution in [0.15, 0.2) is 107 Å². The Morgan fingerprint density at radius 2 is 1.17 bits per heavy atom. The average molecular weight is 751 g/mol. The van der Waals surface area contributed by atoms with E-state index in [0.717, 1.165) is 29.3 Å². The average Bonchev–Trinajstić information content (AvgIpc) is 3.13. The first kappa shape index (κ1) is 37.6. The maximum atomic E-state index is 14.0. The third-order valence-electron chi connectivity index (χ3n) is 8.31. The molecule has 0 bridgehead atoms. The van der Waals surface area contributed by atoms with Crippen molar-refractivity contribution in [2.75, 3.05) is 33.8 Å². The highest BCUT2D eigenvalue weighted by atomic mass is 32.2. The molecular weight excluding hydrogens is 717 g/mol. The van der Waals surface area contributed by atoms with Crippen molar-refractivity contribution < 1.29 is 54.5 Å². The first-order chi connectivity index (χ1) is 24.6. The summed E-state index contributed by atoms with van der Waals surface area (Å²) < 4.78 is 88.6. The van der Waals surface area contributed by atoms with Gasteiger partial charge in [-0.3, -0.25) is 18.7 Å². The summed E-state index contributed by atoms with van der Waals surface area (Å²) >= 11 is 0. The Morgan fingerprint density at radius 3 is 1.62 bits per heavy atom. The zero-order valence-electron chi connectivity index (χ0n) is 28.2. The van der Waals surface area contributed by atoms with Gasteiger partial charge < -0.3 is 29.6 Å². The summed E-state index contributed by atoms with van der Waals surface area (Å²) in [5.41, 5.74) is 1.09. The molecule has 4 N–H and O–H groups in total. The van der Waals surface area contributed by atoms with Crippen LogP contribution in [-0.4, -0.2) is 66.2 Å². The Kier molecular flexibility index (Phi) is 10.8. The summed E-state index contributed by atoms with van der Waals surface area (Å²) in [5.74, 6) is -1.96. The minimum atomic E-state index is -4.79. The summed E-state index contributed by atoms with van der Waals surface area (Å²) in [5, 5.41) is 5.67. The Hall–Kier alpha value is -5.68. The van der Waals surface area contributed by atoms with Crippen molar-refractivity contribution in [2.45, 2.75) is 21.8 Å². The minimum Gasteiger partial charge on any atom is -0.496 e. The minimum absolute atomic E-state index is 0.0126. The lowest BCUT2D eigenvalue weighted by molar-refractivity contribution is 0.0912. The molecule has 0 spiro atoms. The van der Waals surface area contributed by atoms with Crippen LogP contribution in [0.2, 0.25) is 0 Å². The van der Waals surface area contributed by atoms with Crippen LogP contribution in [0.3, 0.4) is 0 Å². The van der Waals surface area contributed by atoms with Gasteiger partial charge in [-0.1, -0.05) is 60.7 Å². The van der Waals surface area contributed by atoms with E-state index in [4.69, 9.17) is 18.9 Å². The van der Waals surface area contributed by atoms with Gasteiger partial charge in [0.2, 0.25) is 0 Å². The predicted molar refractivity (Wildman–Crippen MR) is 190 cm³/mol. The highest BCUT2D eigenvalue weighted by Gasteiger charge is 2.35. The van der Waals surface area contributed by atoms with E-state index in [1.807, 2.05) is 42.5 Å². The lowest BCUT2D eigenvalue weighted by Crippen LogP contribution is -2.45. The molecule has 5 rings (SSSR count). The van der Waals surface area contributed by atoms with Gasteiger partial charge in [0.1, 0.15) is 32.8 Å². The molecule has 4 aromatic rings. The molecule has 4 aromatic carbocycles. The number of amides is 2. The molecule has 2 amide bonds. The number of benzene rings is 4. The summed E-state index contributed by atoms with van der Waals surface area (Å²) in [6.07, 6.45) is 5.81. The third-order valence-corrected chi connectivity index (χ3v) is 10.1. The van der Waals surface area contributed by atoms with Crippen LogP contribution in [0.5, 0.6) is 23.0 Å². The number of allylic oxidation sites excluding steroid dienone is 2. The summed E-state index contributed by atoms with van der Waals surface area (Å²) in [6.45, 7) is 0. The van der Waals surface area contributed by atoms with Crippen LogP contribution in [0.1, 0.15) is 38.3 Å². The molecule has 16 heteroatoms. The van der Waals surface area contributed by atoms with Gasteiger partial charge in [-0.15, -0.1) is 0 Å². The smallest absolute Gasteiger partial charge is 0.298 e.